The van der Waals surface area contributed by atoms with Gasteiger partial charge in [0, 0.05) is 10.6 Å². The Kier molecular flexibility index (Phi) is 3.84. The van der Waals surface area contributed by atoms with Crippen molar-refractivity contribution in [2.75, 3.05) is 0 Å². The van der Waals surface area contributed by atoms with Gasteiger partial charge < -0.3 is 9.40 Å². The highest BCUT2D eigenvalue weighted by atomic mass is 35.5. The van der Waals surface area contributed by atoms with Crippen molar-refractivity contribution in [1.82, 2.24) is 9.97 Å². The van der Waals surface area contributed by atoms with Crippen molar-refractivity contribution in [1.29, 1.82) is 0 Å². The minimum atomic E-state index is 0.553. The predicted octanol–water partition coefficient (Wildman–Crippen LogP) is 5.88. The van der Waals surface area contributed by atoms with Gasteiger partial charge in [-0.3, -0.25) is 4.99 Å². The molecule has 0 fully saturated rings. The lowest BCUT2D eigenvalue weighted by molar-refractivity contribution is 0.560. The van der Waals surface area contributed by atoms with Gasteiger partial charge in [-0.15, -0.1) is 0 Å². The van der Waals surface area contributed by atoms with Crippen LogP contribution in [0.15, 0.2) is 64.2 Å². The second-order valence-electron chi connectivity index (χ2n) is 5.18. The van der Waals surface area contributed by atoms with Crippen molar-refractivity contribution >= 4 is 46.1 Å². The van der Waals surface area contributed by atoms with Gasteiger partial charge in [0.2, 0.25) is 0 Å². The minimum absolute atomic E-state index is 0.553. The molecule has 0 bridgehead atoms. The number of benzene rings is 2. The number of hydrogen-bond acceptors (Lipinski definition) is 3. The van der Waals surface area contributed by atoms with E-state index in [1.807, 2.05) is 36.4 Å². The highest BCUT2D eigenvalue weighted by Crippen LogP contribution is 2.30. The van der Waals surface area contributed by atoms with Gasteiger partial charge in [-0.1, -0.05) is 23.2 Å². The first-order valence-corrected chi connectivity index (χ1v) is 7.97. The smallest absolute Gasteiger partial charge is 0.144 e. The summed E-state index contributed by atoms with van der Waals surface area (Å²) in [6.07, 6.45) is 3.29. The lowest BCUT2D eigenvalue weighted by atomic mass is 10.2. The maximum Gasteiger partial charge on any atom is 0.144 e. The Morgan fingerprint density at radius 2 is 2.00 bits per heavy atom. The van der Waals surface area contributed by atoms with Gasteiger partial charge in [0.15, 0.2) is 0 Å². The molecule has 118 valence electrons. The van der Waals surface area contributed by atoms with Crippen molar-refractivity contribution in [3.8, 4) is 11.4 Å². The molecule has 2 heterocycles. The van der Waals surface area contributed by atoms with E-state index in [1.54, 1.807) is 24.6 Å². The summed E-state index contributed by atoms with van der Waals surface area (Å²) in [5, 5.41) is 1.15. The maximum absolute atomic E-state index is 6.25. The Labute approximate surface area is 147 Å². The molecule has 0 radical (unpaired) electrons. The molecule has 2 aromatic carbocycles. The van der Waals surface area contributed by atoms with E-state index in [0.717, 1.165) is 22.3 Å². The molecule has 0 unspecified atom stereocenters. The first-order valence-electron chi connectivity index (χ1n) is 7.22. The van der Waals surface area contributed by atoms with Gasteiger partial charge in [-0.25, -0.2) is 4.98 Å². The molecule has 0 saturated carbocycles. The van der Waals surface area contributed by atoms with Crippen molar-refractivity contribution in [2.24, 2.45) is 4.99 Å². The minimum Gasteiger partial charge on any atom is -0.463 e. The van der Waals surface area contributed by atoms with Gasteiger partial charge >= 0.3 is 0 Å². The van der Waals surface area contributed by atoms with E-state index in [9.17, 15) is 0 Å². The highest BCUT2D eigenvalue weighted by Gasteiger charge is 2.09. The Balaban J connectivity index is 1.70. The lowest BCUT2D eigenvalue weighted by Gasteiger charge is -2.00. The van der Waals surface area contributed by atoms with Crippen LogP contribution in [0.4, 0.5) is 5.69 Å². The number of fused-ring (bicyclic) bond motifs is 1. The molecule has 0 spiro atoms. The summed E-state index contributed by atoms with van der Waals surface area (Å²) in [6, 6.07) is 14.7. The van der Waals surface area contributed by atoms with Gasteiger partial charge in [0.05, 0.1) is 34.2 Å². The molecule has 2 aromatic heterocycles. The molecule has 24 heavy (non-hydrogen) atoms. The summed E-state index contributed by atoms with van der Waals surface area (Å²) < 4.78 is 5.23. The molecule has 0 saturated heterocycles. The van der Waals surface area contributed by atoms with Crippen LogP contribution in [0.3, 0.4) is 0 Å². The number of aliphatic imine (C=N–C) groups is 1. The molecule has 0 aliphatic rings. The van der Waals surface area contributed by atoms with Crippen LogP contribution in [-0.2, 0) is 0 Å². The fourth-order valence-electron chi connectivity index (χ4n) is 2.39. The molecule has 4 nitrogen and oxygen atoms in total. The quantitative estimate of drug-likeness (QED) is 0.466. The highest BCUT2D eigenvalue weighted by molar-refractivity contribution is 6.36. The summed E-state index contributed by atoms with van der Waals surface area (Å²) in [4.78, 5) is 12.2. The van der Waals surface area contributed by atoms with Crippen LogP contribution in [0, 0.1) is 0 Å². The number of rotatable bonds is 3. The molecule has 0 aliphatic heterocycles. The summed E-state index contributed by atoms with van der Waals surface area (Å²) in [5.74, 6) is 1.40. The van der Waals surface area contributed by atoms with Crippen molar-refractivity contribution in [3.05, 3.63) is 70.6 Å². The third-order valence-electron chi connectivity index (χ3n) is 3.54. The lowest BCUT2D eigenvalue weighted by Crippen LogP contribution is -1.81. The van der Waals surface area contributed by atoms with E-state index in [0.29, 0.717) is 21.6 Å². The van der Waals surface area contributed by atoms with E-state index in [1.165, 1.54) is 0 Å². The second kappa shape index (κ2) is 6.15. The zero-order chi connectivity index (χ0) is 16.5. The van der Waals surface area contributed by atoms with Crippen LogP contribution < -0.4 is 0 Å². The van der Waals surface area contributed by atoms with Crippen LogP contribution in [0.1, 0.15) is 5.76 Å². The maximum atomic E-state index is 6.25. The molecule has 4 rings (SSSR count). The second-order valence-corrected chi connectivity index (χ2v) is 6.03. The van der Waals surface area contributed by atoms with Gasteiger partial charge in [0.25, 0.3) is 0 Å². The Bertz CT molecular complexity index is 1040. The van der Waals surface area contributed by atoms with E-state index in [2.05, 4.69) is 15.0 Å². The van der Waals surface area contributed by atoms with Crippen molar-refractivity contribution in [3.63, 3.8) is 0 Å². The summed E-state index contributed by atoms with van der Waals surface area (Å²) in [6.45, 7) is 0. The fourth-order valence-corrected chi connectivity index (χ4v) is 2.89. The standard InChI is InChI=1S/C18H11Cl2N3O/c19-11-3-5-14(15(20)8-11)18-22-16-6-4-12(9-17(16)23-18)21-10-13-2-1-7-24-13/h1-10H,(H,22,23). The topological polar surface area (TPSA) is 54.2 Å². The average Bonchev–Trinajstić information content (AvgIpc) is 3.21. The third kappa shape index (κ3) is 2.94. The number of nitrogens with zero attached hydrogens (tertiary/aromatic N) is 2. The number of nitrogens with one attached hydrogen (secondary N) is 1. The molecular formula is C18H11Cl2N3O. The van der Waals surface area contributed by atoms with E-state index >= 15 is 0 Å². The summed E-state index contributed by atoms with van der Waals surface area (Å²) in [7, 11) is 0. The van der Waals surface area contributed by atoms with Crippen LogP contribution >= 0.6 is 23.2 Å². The molecular weight excluding hydrogens is 345 g/mol. The normalized spacial score (nSPS) is 11.6. The zero-order valence-corrected chi connectivity index (χ0v) is 13.8. The number of imidazole rings is 1. The van der Waals surface area contributed by atoms with Crippen molar-refractivity contribution < 1.29 is 4.42 Å². The Hall–Kier alpha value is -2.56. The molecule has 0 atom stereocenters. The van der Waals surface area contributed by atoms with E-state index in [-0.39, 0.29) is 0 Å². The summed E-state index contributed by atoms with van der Waals surface area (Å²) in [5.41, 5.74) is 3.33. The first-order chi connectivity index (χ1) is 11.7. The number of furan rings is 1. The Morgan fingerprint density at radius 1 is 1.08 bits per heavy atom. The Morgan fingerprint density at radius 3 is 2.79 bits per heavy atom. The van der Waals surface area contributed by atoms with Gasteiger partial charge in [0.1, 0.15) is 11.6 Å². The number of aromatic amines is 1. The molecule has 6 heteroatoms. The first kappa shape index (κ1) is 15.0. The SMILES string of the molecule is Clc1ccc(-c2nc3ccc(N=Cc4ccco4)cc3[nH]2)c(Cl)c1. The fraction of sp³-hybridized carbons (Fsp3) is 0. The van der Waals surface area contributed by atoms with Crippen molar-refractivity contribution in [2.45, 2.75) is 0 Å². The van der Waals surface area contributed by atoms with Crippen LogP contribution in [-0.4, -0.2) is 16.2 Å². The molecule has 0 aliphatic carbocycles. The zero-order valence-electron chi connectivity index (χ0n) is 12.3. The monoisotopic (exact) mass is 355 g/mol. The molecule has 4 aromatic rings. The number of H-pyrrole nitrogens is 1. The van der Waals surface area contributed by atoms with Crippen LogP contribution in [0.25, 0.3) is 22.4 Å². The van der Waals surface area contributed by atoms with Crippen LogP contribution in [0.2, 0.25) is 10.0 Å². The number of halogens is 2. The number of aromatic nitrogens is 2. The van der Waals surface area contributed by atoms with E-state index < -0.39 is 0 Å². The largest absolute Gasteiger partial charge is 0.463 e. The van der Waals surface area contributed by atoms with E-state index in [4.69, 9.17) is 27.6 Å². The van der Waals surface area contributed by atoms with Gasteiger partial charge in [-0.2, -0.15) is 0 Å². The average molecular weight is 356 g/mol. The molecule has 1 N–H and O–H groups in total. The van der Waals surface area contributed by atoms with Crippen LogP contribution in [0.5, 0.6) is 0 Å². The third-order valence-corrected chi connectivity index (χ3v) is 4.08. The predicted molar refractivity (Wildman–Crippen MR) is 97.5 cm³/mol. The van der Waals surface area contributed by atoms with Gasteiger partial charge in [-0.05, 0) is 48.5 Å². The molecule has 0 amide bonds. The summed E-state index contributed by atoms with van der Waals surface area (Å²) >= 11 is 12.2. The number of hydrogen-bond donors (Lipinski definition) is 1.